The van der Waals surface area contributed by atoms with Crippen LogP contribution in [0.3, 0.4) is 0 Å². The molecule has 0 bridgehead atoms. The smallest absolute Gasteiger partial charge is 0.335 e. The van der Waals surface area contributed by atoms with E-state index in [1.165, 1.54) is 23.0 Å². The number of aryl methyl sites for hydroxylation is 1. The number of carboxylic acids is 1. The number of carbonyl (C=O) groups is 1. The van der Waals surface area contributed by atoms with Gasteiger partial charge in [0.1, 0.15) is 12.0 Å². The molecule has 4 aromatic rings. The molecule has 0 spiro atoms. The van der Waals surface area contributed by atoms with E-state index >= 15 is 0 Å². The molecule has 0 amide bonds. The number of rotatable bonds is 3. The van der Waals surface area contributed by atoms with Gasteiger partial charge in [0.25, 0.3) is 5.56 Å². The van der Waals surface area contributed by atoms with E-state index < -0.39 is 11.9 Å². The largest absolute Gasteiger partial charge is 0.478 e. The van der Waals surface area contributed by atoms with E-state index in [4.69, 9.17) is 5.11 Å². The van der Waals surface area contributed by atoms with E-state index in [0.29, 0.717) is 11.2 Å². The van der Waals surface area contributed by atoms with Crippen molar-refractivity contribution in [3.63, 3.8) is 0 Å². The minimum atomic E-state index is -1.00. The van der Waals surface area contributed by atoms with Gasteiger partial charge in [-0.15, -0.1) is 0 Å². The highest BCUT2D eigenvalue weighted by molar-refractivity contribution is 5.87. The second-order valence-corrected chi connectivity index (χ2v) is 6.63. The molecule has 2 aromatic heterocycles. The van der Waals surface area contributed by atoms with Crippen LogP contribution in [0, 0.1) is 18.8 Å². The van der Waals surface area contributed by atoms with E-state index in [-0.39, 0.29) is 11.1 Å². The van der Waals surface area contributed by atoms with Crippen LogP contribution in [0.15, 0.2) is 71.8 Å². The number of nitrogens with zero attached hydrogens (tertiary/aromatic N) is 2. The Hall–Kier alpha value is -4.11. The first-order chi connectivity index (χ1) is 14.0. The molecule has 1 atom stereocenters. The fourth-order valence-corrected chi connectivity index (χ4v) is 3.23. The van der Waals surface area contributed by atoms with Gasteiger partial charge in [-0.1, -0.05) is 42.2 Å². The number of aromatic nitrogens is 3. The predicted octanol–water partition coefficient (Wildman–Crippen LogP) is 3.21. The normalized spacial score (nSPS) is 11.6. The maximum atomic E-state index is 13.1. The van der Waals surface area contributed by atoms with Crippen molar-refractivity contribution in [1.29, 1.82) is 0 Å². The summed E-state index contributed by atoms with van der Waals surface area (Å²) < 4.78 is 1.33. The third kappa shape index (κ3) is 3.54. The molecule has 0 aliphatic heterocycles. The molecule has 0 saturated heterocycles. The summed E-state index contributed by atoms with van der Waals surface area (Å²) in [6, 6.07) is 17.7. The summed E-state index contributed by atoms with van der Waals surface area (Å²) in [4.78, 5) is 27.2. The number of carboxylic acid groups (broad SMARTS) is 1. The molecule has 0 fully saturated rings. The van der Waals surface area contributed by atoms with Crippen molar-refractivity contribution in [2.24, 2.45) is 0 Å². The van der Waals surface area contributed by atoms with Crippen molar-refractivity contribution in [3.8, 4) is 11.8 Å². The molecule has 6 nitrogen and oxygen atoms in total. The second-order valence-electron chi connectivity index (χ2n) is 6.63. The third-order valence-electron chi connectivity index (χ3n) is 4.71. The first-order valence-electron chi connectivity index (χ1n) is 9.00. The van der Waals surface area contributed by atoms with Crippen molar-refractivity contribution >= 4 is 11.6 Å². The van der Waals surface area contributed by atoms with Gasteiger partial charge in [0, 0.05) is 11.1 Å². The number of hydrogen-bond donors (Lipinski definition) is 2. The Kier molecular flexibility index (Phi) is 4.71. The van der Waals surface area contributed by atoms with Crippen LogP contribution < -0.4 is 5.56 Å². The average molecular weight is 383 g/mol. The summed E-state index contributed by atoms with van der Waals surface area (Å²) in [7, 11) is 0. The standard InChI is InChI=1S/C23H17N3O3/c1-15-13-20(22(27)26-21(15)24-14-25-26)19(12-7-16-5-3-2-4-6-16)17-8-10-18(11-9-17)23(28)29/h2-6,8-11,13-14,19H,1H3,(H,24,25)(H,28,29). The maximum Gasteiger partial charge on any atom is 0.335 e. The summed E-state index contributed by atoms with van der Waals surface area (Å²) in [6.45, 7) is 1.89. The summed E-state index contributed by atoms with van der Waals surface area (Å²) in [5, 5.41) is 13.3. The molecule has 2 heterocycles. The van der Waals surface area contributed by atoms with Crippen LogP contribution in [0.5, 0.6) is 0 Å². The number of fused-ring (bicyclic) bond motifs is 1. The van der Waals surface area contributed by atoms with Crippen LogP contribution in [0.2, 0.25) is 0 Å². The van der Waals surface area contributed by atoms with Crippen LogP contribution in [0.25, 0.3) is 5.65 Å². The molecule has 0 aliphatic carbocycles. The van der Waals surface area contributed by atoms with Crippen LogP contribution >= 0.6 is 0 Å². The van der Waals surface area contributed by atoms with Crippen molar-refractivity contribution in [3.05, 3.63) is 105 Å². The lowest BCUT2D eigenvalue weighted by molar-refractivity contribution is 0.0697. The second kappa shape index (κ2) is 7.49. The Morgan fingerprint density at radius 1 is 1.14 bits per heavy atom. The van der Waals surface area contributed by atoms with Gasteiger partial charge in [-0.05, 0) is 48.4 Å². The van der Waals surface area contributed by atoms with E-state index in [2.05, 4.69) is 21.9 Å². The molecule has 0 radical (unpaired) electrons. The average Bonchev–Trinajstić information content (AvgIpc) is 3.24. The summed E-state index contributed by atoms with van der Waals surface area (Å²) >= 11 is 0. The molecule has 142 valence electrons. The van der Waals surface area contributed by atoms with Gasteiger partial charge in [-0.3, -0.25) is 4.79 Å². The third-order valence-corrected chi connectivity index (χ3v) is 4.71. The number of hydrogen-bond acceptors (Lipinski definition) is 3. The lowest BCUT2D eigenvalue weighted by Gasteiger charge is -2.13. The molecule has 2 N–H and O–H groups in total. The molecular weight excluding hydrogens is 366 g/mol. The topological polar surface area (TPSA) is 87.5 Å². The Bertz CT molecular complexity index is 1310. The summed E-state index contributed by atoms with van der Waals surface area (Å²) in [5.41, 5.74) is 3.47. The lowest BCUT2D eigenvalue weighted by Crippen LogP contribution is -2.22. The Morgan fingerprint density at radius 2 is 1.86 bits per heavy atom. The minimum Gasteiger partial charge on any atom is -0.478 e. The van der Waals surface area contributed by atoms with Crippen LogP contribution in [-0.4, -0.2) is 25.7 Å². The number of aromatic amines is 1. The molecule has 0 saturated carbocycles. The lowest BCUT2D eigenvalue weighted by atomic mass is 9.91. The Morgan fingerprint density at radius 3 is 2.55 bits per heavy atom. The fourth-order valence-electron chi connectivity index (χ4n) is 3.23. The quantitative estimate of drug-likeness (QED) is 0.532. The summed E-state index contributed by atoms with van der Waals surface area (Å²) in [5.74, 6) is 4.79. The highest BCUT2D eigenvalue weighted by Crippen LogP contribution is 2.24. The van der Waals surface area contributed by atoms with Gasteiger partial charge in [0.15, 0.2) is 0 Å². The van der Waals surface area contributed by atoms with Crippen molar-refractivity contribution < 1.29 is 9.90 Å². The fraction of sp³-hybridized carbons (Fsp3) is 0.0870. The molecule has 1 unspecified atom stereocenters. The Balaban J connectivity index is 1.89. The zero-order chi connectivity index (χ0) is 20.4. The number of pyridine rings is 1. The number of aromatic carboxylic acids is 1. The predicted molar refractivity (Wildman–Crippen MR) is 109 cm³/mol. The zero-order valence-electron chi connectivity index (χ0n) is 15.6. The maximum absolute atomic E-state index is 13.1. The minimum absolute atomic E-state index is 0.180. The van der Waals surface area contributed by atoms with Gasteiger partial charge in [0.05, 0.1) is 11.5 Å². The number of nitrogens with one attached hydrogen (secondary N) is 1. The molecule has 0 aliphatic rings. The van der Waals surface area contributed by atoms with Gasteiger partial charge in [-0.2, -0.15) is 9.61 Å². The van der Waals surface area contributed by atoms with Crippen LogP contribution in [0.1, 0.15) is 38.5 Å². The zero-order valence-corrected chi connectivity index (χ0v) is 15.6. The molecule has 4 rings (SSSR count). The molecule has 2 aromatic carbocycles. The molecule has 29 heavy (non-hydrogen) atoms. The van der Waals surface area contributed by atoms with Crippen molar-refractivity contribution in [2.75, 3.05) is 0 Å². The van der Waals surface area contributed by atoms with Gasteiger partial charge >= 0.3 is 5.97 Å². The van der Waals surface area contributed by atoms with E-state index in [9.17, 15) is 9.59 Å². The van der Waals surface area contributed by atoms with E-state index in [1.807, 2.05) is 43.3 Å². The molecule has 6 heteroatoms. The first-order valence-corrected chi connectivity index (χ1v) is 9.00. The molecular formula is C23H17N3O3. The SMILES string of the molecule is Cc1cc(C(C#Cc2ccccc2)c2ccc(C(=O)O)cc2)c(=O)n2nc[nH]c12. The van der Waals surface area contributed by atoms with Crippen LogP contribution in [0.4, 0.5) is 0 Å². The van der Waals surface area contributed by atoms with Gasteiger partial charge in [-0.25, -0.2) is 4.79 Å². The monoisotopic (exact) mass is 383 g/mol. The van der Waals surface area contributed by atoms with Crippen LogP contribution in [-0.2, 0) is 0 Å². The highest BCUT2D eigenvalue weighted by atomic mass is 16.4. The van der Waals surface area contributed by atoms with Crippen molar-refractivity contribution in [2.45, 2.75) is 12.8 Å². The van der Waals surface area contributed by atoms with Gasteiger partial charge in [0.2, 0.25) is 0 Å². The first kappa shape index (κ1) is 18.3. The van der Waals surface area contributed by atoms with Crippen molar-refractivity contribution in [1.82, 2.24) is 14.6 Å². The summed E-state index contributed by atoms with van der Waals surface area (Å²) in [6.07, 6.45) is 1.47. The van der Waals surface area contributed by atoms with E-state index in [0.717, 1.165) is 16.7 Å². The Labute approximate surface area is 166 Å². The van der Waals surface area contributed by atoms with E-state index in [1.54, 1.807) is 12.1 Å². The number of benzene rings is 2. The number of H-pyrrole nitrogens is 1. The highest BCUT2D eigenvalue weighted by Gasteiger charge is 2.19. The van der Waals surface area contributed by atoms with Gasteiger partial charge < -0.3 is 10.1 Å².